The predicted octanol–water partition coefficient (Wildman–Crippen LogP) is 10.8. The SMILES string of the molecule is CC12CCCCC1(C)N(c1cc(Cl)cc(-n3c4ccc([Si](C)(C)C)cc4c4cc([Si](C)(C)C)ccc43)c1)c1ccc([Si](C)(C)C)cc12. The molecule has 1 aliphatic heterocycles. The molecule has 1 aromatic heterocycles. The zero-order chi connectivity index (χ0) is 33.9. The van der Waals surface area contributed by atoms with E-state index in [9.17, 15) is 0 Å². The van der Waals surface area contributed by atoms with E-state index in [0.29, 0.717) is 0 Å². The fourth-order valence-corrected chi connectivity index (χ4v) is 12.4. The Morgan fingerprint density at radius 2 is 1.06 bits per heavy atom. The van der Waals surface area contributed by atoms with Crippen molar-refractivity contribution in [2.45, 2.75) is 109 Å². The van der Waals surface area contributed by atoms with Gasteiger partial charge in [0.15, 0.2) is 0 Å². The molecule has 0 bridgehead atoms. The van der Waals surface area contributed by atoms with Crippen LogP contribution in [-0.2, 0) is 5.41 Å². The number of anilines is 2. The molecule has 0 amide bonds. The van der Waals surface area contributed by atoms with Crippen molar-refractivity contribution in [2.75, 3.05) is 4.90 Å². The monoisotopic (exact) mass is 692 g/mol. The van der Waals surface area contributed by atoms with Crippen LogP contribution >= 0.6 is 11.6 Å². The van der Waals surface area contributed by atoms with E-state index in [1.165, 1.54) is 74.8 Å². The number of fused-ring (bicyclic) bond motifs is 6. The lowest BCUT2D eigenvalue weighted by molar-refractivity contribution is 0.195. The normalized spacial score (nSPS) is 21.8. The molecule has 2 aliphatic rings. The predicted molar refractivity (Wildman–Crippen MR) is 218 cm³/mol. The van der Waals surface area contributed by atoms with Crippen molar-refractivity contribution in [2.24, 2.45) is 0 Å². The summed E-state index contributed by atoms with van der Waals surface area (Å²) < 4.78 is 2.48. The van der Waals surface area contributed by atoms with Crippen molar-refractivity contribution in [3.63, 3.8) is 0 Å². The summed E-state index contributed by atoms with van der Waals surface area (Å²) in [5, 5.41) is 8.07. The zero-order valence-corrected chi connectivity index (χ0v) is 34.3. The fraction of sp³-hybridized carbons (Fsp3) is 0.415. The van der Waals surface area contributed by atoms with Crippen molar-refractivity contribution in [1.29, 1.82) is 0 Å². The second kappa shape index (κ2) is 10.7. The van der Waals surface area contributed by atoms with Crippen LogP contribution in [0.1, 0.15) is 45.1 Å². The number of aromatic nitrogens is 1. The van der Waals surface area contributed by atoms with Gasteiger partial charge in [-0.1, -0.05) is 142 Å². The van der Waals surface area contributed by atoms with Crippen LogP contribution in [0.15, 0.2) is 72.8 Å². The third-order valence-corrected chi connectivity index (χ3v) is 18.2. The van der Waals surface area contributed by atoms with E-state index in [1.54, 1.807) is 5.19 Å². The topological polar surface area (TPSA) is 8.17 Å². The van der Waals surface area contributed by atoms with Gasteiger partial charge in [-0.3, -0.25) is 0 Å². The summed E-state index contributed by atoms with van der Waals surface area (Å²) in [6.07, 6.45) is 4.95. The van der Waals surface area contributed by atoms with Crippen molar-refractivity contribution in [1.82, 2.24) is 4.57 Å². The minimum absolute atomic E-state index is 0.0209. The lowest BCUT2D eigenvalue weighted by Crippen LogP contribution is -2.54. The highest BCUT2D eigenvalue weighted by molar-refractivity contribution is 6.89. The first-order valence-electron chi connectivity index (χ1n) is 17.7. The molecule has 5 aromatic rings. The molecule has 2 unspecified atom stereocenters. The van der Waals surface area contributed by atoms with E-state index in [-0.39, 0.29) is 11.0 Å². The van der Waals surface area contributed by atoms with Crippen LogP contribution in [-0.4, -0.2) is 34.3 Å². The molecule has 2 atom stereocenters. The van der Waals surface area contributed by atoms with Gasteiger partial charge >= 0.3 is 0 Å². The first kappa shape index (κ1) is 32.9. The van der Waals surface area contributed by atoms with E-state index < -0.39 is 24.2 Å². The average Bonchev–Trinajstić information content (AvgIpc) is 3.41. The number of hydrogen-bond donors (Lipinski definition) is 0. The Kier molecular flexibility index (Phi) is 7.51. The molecule has 2 nitrogen and oxygen atoms in total. The van der Waals surface area contributed by atoms with Crippen LogP contribution in [0.3, 0.4) is 0 Å². The Morgan fingerprint density at radius 1 is 0.574 bits per heavy atom. The lowest BCUT2D eigenvalue weighted by Gasteiger charge is -2.50. The van der Waals surface area contributed by atoms with Crippen LogP contribution < -0.4 is 20.5 Å². The number of nitrogens with zero attached hydrogens (tertiary/aromatic N) is 2. The summed E-state index contributed by atoms with van der Waals surface area (Å²) in [7, 11) is -4.47. The van der Waals surface area contributed by atoms with E-state index in [2.05, 4.69) is 155 Å². The molecule has 0 spiro atoms. The third kappa shape index (κ3) is 5.14. The summed E-state index contributed by atoms with van der Waals surface area (Å²) in [5.41, 5.74) is 7.84. The average molecular weight is 694 g/mol. The van der Waals surface area contributed by atoms with Crippen molar-refractivity contribution >= 4 is 84.6 Å². The molecule has 0 N–H and O–H groups in total. The van der Waals surface area contributed by atoms with Crippen molar-refractivity contribution in [3.8, 4) is 5.69 Å². The number of hydrogen-bond acceptors (Lipinski definition) is 1. The minimum atomic E-state index is -1.50. The van der Waals surface area contributed by atoms with E-state index in [0.717, 1.165) is 10.7 Å². The zero-order valence-electron chi connectivity index (χ0n) is 30.5. The molecular weight excluding hydrogens is 640 g/mol. The molecule has 0 saturated heterocycles. The number of rotatable bonds is 5. The molecular formula is C41H53ClN2Si3. The van der Waals surface area contributed by atoms with Crippen molar-refractivity contribution in [3.05, 3.63) is 83.4 Å². The summed E-state index contributed by atoms with van der Waals surface area (Å²) in [5.74, 6) is 0. The second-order valence-electron chi connectivity index (χ2n) is 18.1. The summed E-state index contributed by atoms with van der Waals surface area (Å²) >= 11 is 7.16. The van der Waals surface area contributed by atoms with Crippen LogP contribution in [0, 0.1) is 0 Å². The Hall–Kier alpha value is -2.58. The first-order chi connectivity index (χ1) is 21.8. The maximum atomic E-state index is 7.16. The molecule has 1 fully saturated rings. The molecule has 2 heterocycles. The summed E-state index contributed by atoms with van der Waals surface area (Å²) in [6.45, 7) is 27.2. The maximum Gasteiger partial charge on any atom is 0.0776 e. The molecule has 1 saturated carbocycles. The van der Waals surface area contributed by atoms with Crippen LogP contribution in [0.25, 0.3) is 27.5 Å². The molecule has 6 heteroatoms. The Balaban J connectivity index is 1.48. The first-order valence-corrected chi connectivity index (χ1v) is 28.6. The molecule has 246 valence electrons. The van der Waals surface area contributed by atoms with Crippen LogP contribution in [0.2, 0.25) is 63.9 Å². The van der Waals surface area contributed by atoms with Gasteiger partial charge in [0.2, 0.25) is 0 Å². The Bertz CT molecular complexity index is 1990. The second-order valence-corrected chi connectivity index (χ2v) is 33.8. The molecule has 0 radical (unpaired) electrons. The highest BCUT2D eigenvalue weighted by atomic mass is 35.5. The van der Waals surface area contributed by atoms with Gasteiger partial charge in [-0.15, -0.1) is 0 Å². The number of halogens is 1. The third-order valence-electron chi connectivity index (χ3n) is 11.9. The lowest BCUT2D eigenvalue weighted by atomic mass is 9.61. The van der Waals surface area contributed by atoms with Gasteiger partial charge in [0, 0.05) is 38.3 Å². The summed E-state index contributed by atoms with van der Waals surface area (Å²) in [6, 6.07) is 28.8. The quantitative estimate of drug-likeness (QED) is 0.166. The maximum absolute atomic E-state index is 7.16. The highest BCUT2D eigenvalue weighted by Crippen LogP contribution is 2.60. The molecule has 4 aromatic carbocycles. The van der Waals surface area contributed by atoms with Gasteiger partial charge in [-0.05, 0) is 61.7 Å². The van der Waals surface area contributed by atoms with E-state index >= 15 is 0 Å². The van der Waals surface area contributed by atoms with E-state index in [1.807, 2.05) is 0 Å². The van der Waals surface area contributed by atoms with Crippen molar-refractivity contribution < 1.29 is 0 Å². The van der Waals surface area contributed by atoms with Crippen LogP contribution in [0.5, 0.6) is 0 Å². The molecule has 7 rings (SSSR count). The fourth-order valence-electron chi connectivity index (χ4n) is 8.66. The minimum Gasteiger partial charge on any atom is -0.334 e. The highest BCUT2D eigenvalue weighted by Gasteiger charge is 2.57. The smallest absolute Gasteiger partial charge is 0.0776 e. The van der Waals surface area contributed by atoms with Gasteiger partial charge in [0.1, 0.15) is 0 Å². The summed E-state index contributed by atoms with van der Waals surface area (Å²) in [4.78, 5) is 2.69. The van der Waals surface area contributed by atoms with Gasteiger partial charge in [-0.2, -0.15) is 0 Å². The molecule has 1 aliphatic carbocycles. The number of benzene rings is 4. The van der Waals surface area contributed by atoms with E-state index in [4.69, 9.17) is 11.6 Å². The van der Waals surface area contributed by atoms with Gasteiger partial charge in [0.05, 0.1) is 40.8 Å². The van der Waals surface area contributed by atoms with Gasteiger partial charge < -0.3 is 9.47 Å². The largest absolute Gasteiger partial charge is 0.334 e. The van der Waals surface area contributed by atoms with Gasteiger partial charge in [-0.25, -0.2) is 0 Å². The Morgan fingerprint density at radius 3 is 1.62 bits per heavy atom. The molecule has 47 heavy (non-hydrogen) atoms. The standard InChI is InChI=1S/C41H53ClN2Si3/c1-40-20-12-13-21-41(40,2)44(39-19-16-33(27-36(39)40)47(9,10)11)30-23-28(42)22-29(24-30)43-37-17-14-31(45(3,4)5)25-34(37)35-26-32(46(6,7)8)15-18-38(35)43/h14-19,22-27H,12-13,20-21H2,1-11H3. The van der Waals surface area contributed by atoms with Gasteiger partial charge in [0.25, 0.3) is 0 Å². The Labute approximate surface area is 291 Å². The van der Waals surface area contributed by atoms with Crippen LogP contribution in [0.4, 0.5) is 11.4 Å².